The van der Waals surface area contributed by atoms with Crippen LogP contribution in [0.3, 0.4) is 0 Å². The van der Waals surface area contributed by atoms with Crippen molar-refractivity contribution in [2.45, 2.75) is 32.3 Å². The molecule has 1 saturated heterocycles. The van der Waals surface area contributed by atoms with Crippen molar-refractivity contribution in [1.29, 1.82) is 0 Å². The molecular weight excluding hydrogens is 272 g/mol. The van der Waals surface area contributed by atoms with Gasteiger partial charge in [0.1, 0.15) is 5.56 Å². The van der Waals surface area contributed by atoms with Crippen molar-refractivity contribution in [2.75, 3.05) is 18.9 Å². The topological polar surface area (TPSA) is 90.7 Å². The summed E-state index contributed by atoms with van der Waals surface area (Å²) in [6.45, 7) is 2.81. The van der Waals surface area contributed by atoms with Crippen molar-refractivity contribution in [1.82, 2.24) is 5.32 Å². The molecule has 114 valence electrons. The summed E-state index contributed by atoms with van der Waals surface area (Å²) >= 11 is 0. The van der Waals surface area contributed by atoms with Crippen LogP contribution in [0.25, 0.3) is 0 Å². The third-order valence-electron chi connectivity index (χ3n) is 3.29. The number of nitrogen functional groups attached to an aromatic ring is 1. The average molecular weight is 292 g/mol. The Morgan fingerprint density at radius 2 is 2.24 bits per heavy atom. The maximum absolute atomic E-state index is 12.3. The van der Waals surface area contributed by atoms with Gasteiger partial charge in [0.2, 0.25) is 0 Å². The van der Waals surface area contributed by atoms with Crippen molar-refractivity contribution in [3.63, 3.8) is 0 Å². The van der Waals surface area contributed by atoms with Crippen molar-refractivity contribution in [3.05, 3.63) is 23.8 Å². The molecule has 1 atom stereocenters. The Bertz CT molecular complexity index is 530. The summed E-state index contributed by atoms with van der Waals surface area (Å²) in [5.41, 5.74) is 6.43. The second-order valence-electron chi connectivity index (χ2n) is 4.84. The summed E-state index contributed by atoms with van der Waals surface area (Å²) in [6.07, 6.45) is 1.51. The molecule has 3 N–H and O–H groups in total. The molecule has 1 amide bonds. The fraction of sp³-hybridized carbons (Fsp3) is 0.467. The maximum atomic E-state index is 12.3. The standard InChI is InChI=1S/C15H20N2O4/c1-2-20-13-10(6-5-7-11(13)16)15(19)21-12-8-3-4-9-17-14(12)18/h5-7,12H,2-4,8-9,16H2,1H3,(H,17,18). The number of hydrogen-bond acceptors (Lipinski definition) is 5. The number of carbonyl (C=O) groups excluding carboxylic acids is 2. The average Bonchev–Trinajstić information content (AvgIpc) is 2.66. The van der Waals surface area contributed by atoms with E-state index in [0.717, 1.165) is 12.8 Å². The zero-order chi connectivity index (χ0) is 15.2. The van der Waals surface area contributed by atoms with E-state index in [9.17, 15) is 9.59 Å². The van der Waals surface area contributed by atoms with Gasteiger partial charge in [-0.15, -0.1) is 0 Å². The molecule has 1 heterocycles. The van der Waals surface area contributed by atoms with Crippen LogP contribution in [0.15, 0.2) is 18.2 Å². The number of para-hydroxylation sites is 1. The van der Waals surface area contributed by atoms with E-state index < -0.39 is 12.1 Å². The highest BCUT2D eigenvalue weighted by Gasteiger charge is 2.26. The lowest BCUT2D eigenvalue weighted by atomic mass is 10.1. The number of amides is 1. The first-order valence-corrected chi connectivity index (χ1v) is 7.13. The van der Waals surface area contributed by atoms with Crippen LogP contribution in [0.2, 0.25) is 0 Å². The number of hydrogen-bond donors (Lipinski definition) is 2. The lowest BCUT2D eigenvalue weighted by molar-refractivity contribution is -0.129. The minimum atomic E-state index is -0.754. The zero-order valence-electron chi connectivity index (χ0n) is 12.1. The van der Waals surface area contributed by atoms with Crippen LogP contribution in [-0.4, -0.2) is 31.1 Å². The van der Waals surface area contributed by atoms with E-state index in [1.165, 1.54) is 0 Å². The van der Waals surface area contributed by atoms with Crippen molar-refractivity contribution >= 4 is 17.6 Å². The van der Waals surface area contributed by atoms with Crippen LogP contribution in [0.5, 0.6) is 5.75 Å². The first-order chi connectivity index (χ1) is 10.1. The monoisotopic (exact) mass is 292 g/mol. The van der Waals surface area contributed by atoms with Gasteiger partial charge in [0.05, 0.1) is 12.3 Å². The summed E-state index contributed by atoms with van der Waals surface area (Å²) in [4.78, 5) is 24.1. The summed E-state index contributed by atoms with van der Waals surface area (Å²) in [5.74, 6) is -0.533. The number of anilines is 1. The summed E-state index contributed by atoms with van der Waals surface area (Å²) in [6, 6.07) is 4.89. The van der Waals surface area contributed by atoms with Crippen LogP contribution in [-0.2, 0) is 9.53 Å². The van der Waals surface area contributed by atoms with Crippen LogP contribution < -0.4 is 15.8 Å². The fourth-order valence-electron chi connectivity index (χ4n) is 2.24. The lowest BCUT2D eigenvalue weighted by Gasteiger charge is -2.16. The van der Waals surface area contributed by atoms with Gasteiger partial charge in [-0.3, -0.25) is 4.79 Å². The lowest BCUT2D eigenvalue weighted by Crippen LogP contribution is -2.36. The molecule has 1 aliphatic heterocycles. The van der Waals surface area contributed by atoms with Crippen molar-refractivity contribution in [3.8, 4) is 5.75 Å². The van der Waals surface area contributed by atoms with E-state index in [1.54, 1.807) is 25.1 Å². The number of ether oxygens (including phenoxy) is 2. The van der Waals surface area contributed by atoms with Gasteiger partial charge < -0.3 is 20.5 Å². The summed E-state index contributed by atoms with van der Waals surface area (Å²) in [5, 5.41) is 2.73. The summed E-state index contributed by atoms with van der Waals surface area (Å²) in [7, 11) is 0. The molecule has 2 rings (SSSR count). The van der Waals surface area contributed by atoms with E-state index in [1.807, 2.05) is 0 Å². The molecular formula is C15H20N2O4. The van der Waals surface area contributed by atoms with Crippen LogP contribution in [0.4, 0.5) is 5.69 Å². The number of nitrogens with two attached hydrogens (primary N) is 1. The molecule has 0 aliphatic carbocycles. The van der Waals surface area contributed by atoms with Gasteiger partial charge in [0.25, 0.3) is 5.91 Å². The molecule has 1 aromatic carbocycles. The maximum Gasteiger partial charge on any atom is 0.342 e. The minimum Gasteiger partial charge on any atom is -0.491 e. The second kappa shape index (κ2) is 6.97. The predicted octanol–water partition coefficient (Wildman–Crippen LogP) is 1.49. The Kier molecular flexibility index (Phi) is 5.03. The summed E-state index contributed by atoms with van der Waals surface area (Å²) < 4.78 is 10.7. The van der Waals surface area contributed by atoms with E-state index in [-0.39, 0.29) is 11.5 Å². The van der Waals surface area contributed by atoms with Gasteiger partial charge in [-0.2, -0.15) is 0 Å². The third-order valence-corrected chi connectivity index (χ3v) is 3.29. The number of rotatable bonds is 4. The van der Waals surface area contributed by atoms with Gasteiger partial charge in [0.15, 0.2) is 11.9 Å². The van der Waals surface area contributed by atoms with Crippen molar-refractivity contribution < 1.29 is 19.1 Å². The minimum absolute atomic E-state index is 0.244. The zero-order valence-corrected chi connectivity index (χ0v) is 12.1. The van der Waals surface area contributed by atoms with Gasteiger partial charge >= 0.3 is 5.97 Å². The number of nitrogens with one attached hydrogen (secondary N) is 1. The van der Waals surface area contributed by atoms with E-state index in [2.05, 4.69) is 5.32 Å². The molecule has 6 heteroatoms. The van der Waals surface area contributed by atoms with Gasteiger partial charge in [-0.05, 0) is 38.3 Å². The highest BCUT2D eigenvalue weighted by molar-refractivity contribution is 5.96. The molecule has 1 fully saturated rings. The third kappa shape index (κ3) is 3.65. The molecule has 1 aromatic rings. The Labute approximate surface area is 123 Å². The van der Waals surface area contributed by atoms with E-state index in [0.29, 0.717) is 31.0 Å². The number of esters is 1. The van der Waals surface area contributed by atoms with Gasteiger partial charge in [-0.25, -0.2) is 4.79 Å². The quantitative estimate of drug-likeness (QED) is 0.648. The highest BCUT2D eigenvalue weighted by atomic mass is 16.6. The molecule has 0 radical (unpaired) electrons. The van der Waals surface area contributed by atoms with Gasteiger partial charge in [-0.1, -0.05) is 6.07 Å². The molecule has 0 bridgehead atoms. The van der Waals surface area contributed by atoms with Crippen molar-refractivity contribution in [2.24, 2.45) is 0 Å². The van der Waals surface area contributed by atoms with Gasteiger partial charge in [0, 0.05) is 6.54 Å². The smallest absolute Gasteiger partial charge is 0.342 e. The molecule has 0 aromatic heterocycles. The van der Waals surface area contributed by atoms with Crippen LogP contribution in [0.1, 0.15) is 36.5 Å². The van der Waals surface area contributed by atoms with Crippen LogP contribution >= 0.6 is 0 Å². The Morgan fingerprint density at radius 3 is 3.00 bits per heavy atom. The molecule has 0 saturated carbocycles. The molecule has 1 unspecified atom stereocenters. The number of carbonyl (C=O) groups is 2. The second-order valence-corrected chi connectivity index (χ2v) is 4.84. The first kappa shape index (κ1) is 15.2. The Balaban J connectivity index is 2.16. The number of benzene rings is 1. The first-order valence-electron chi connectivity index (χ1n) is 7.13. The normalized spacial score (nSPS) is 18.5. The SMILES string of the molecule is CCOc1c(N)cccc1C(=O)OC1CCCCNC1=O. The fourth-order valence-corrected chi connectivity index (χ4v) is 2.24. The Morgan fingerprint density at radius 1 is 1.43 bits per heavy atom. The molecule has 21 heavy (non-hydrogen) atoms. The molecule has 1 aliphatic rings. The van der Waals surface area contributed by atoms with E-state index >= 15 is 0 Å². The van der Waals surface area contributed by atoms with Crippen LogP contribution in [0, 0.1) is 0 Å². The molecule has 0 spiro atoms. The molecule has 6 nitrogen and oxygen atoms in total. The Hall–Kier alpha value is -2.24. The van der Waals surface area contributed by atoms with E-state index in [4.69, 9.17) is 15.2 Å². The largest absolute Gasteiger partial charge is 0.491 e. The predicted molar refractivity (Wildman–Crippen MR) is 78.1 cm³/mol. The highest BCUT2D eigenvalue weighted by Crippen LogP contribution is 2.27.